The van der Waals surface area contributed by atoms with E-state index in [0.717, 1.165) is 12.8 Å². The highest BCUT2D eigenvalue weighted by Crippen LogP contribution is 2.25. The largest absolute Gasteiger partial charge is 0.380 e. The summed E-state index contributed by atoms with van der Waals surface area (Å²) < 4.78 is 6.94. The molecule has 1 saturated heterocycles. The first-order chi connectivity index (χ1) is 11.2. The molecule has 2 amide bonds. The average molecular weight is 336 g/mol. The van der Waals surface area contributed by atoms with Crippen LogP contribution in [0.5, 0.6) is 0 Å². The molecule has 0 unspecified atom stereocenters. The summed E-state index contributed by atoms with van der Waals surface area (Å²) in [5.41, 5.74) is 1.30. The summed E-state index contributed by atoms with van der Waals surface area (Å²) in [5.74, 6) is 0. The van der Waals surface area contributed by atoms with Crippen molar-refractivity contribution in [3.05, 3.63) is 35.9 Å². The van der Waals surface area contributed by atoms with Crippen LogP contribution >= 0.6 is 11.6 Å². The standard InChI is InChI=1S/C15H18ClN5O2/c1-23-12-3-2-6-20(8-12)15(22)19-13-7-11(16)4-5-14(13)21-10-17-9-18-21/h4-5,7,9-10,12H,2-3,6,8H2,1H3,(H,19,22)/t12-/m1/s1. The Morgan fingerprint density at radius 3 is 3.09 bits per heavy atom. The van der Waals surface area contributed by atoms with Crippen LogP contribution in [0.15, 0.2) is 30.9 Å². The number of halogens is 1. The van der Waals surface area contributed by atoms with Crippen molar-refractivity contribution in [3.8, 4) is 5.69 Å². The Morgan fingerprint density at radius 2 is 2.35 bits per heavy atom. The van der Waals surface area contributed by atoms with E-state index < -0.39 is 0 Å². The maximum Gasteiger partial charge on any atom is 0.321 e. The predicted molar refractivity (Wildman–Crippen MR) is 87.0 cm³/mol. The van der Waals surface area contributed by atoms with Crippen LogP contribution < -0.4 is 5.32 Å². The highest BCUT2D eigenvalue weighted by molar-refractivity contribution is 6.31. The average Bonchev–Trinajstić information content (AvgIpc) is 3.09. The van der Waals surface area contributed by atoms with Gasteiger partial charge >= 0.3 is 6.03 Å². The number of amides is 2. The van der Waals surface area contributed by atoms with E-state index in [-0.39, 0.29) is 12.1 Å². The molecule has 1 aliphatic rings. The highest BCUT2D eigenvalue weighted by atomic mass is 35.5. The van der Waals surface area contributed by atoms with E-state index in [1.807, 2.05) is 0 Å². The van der Waals surface area contributed by atoms with Crippen LogP contribution in [0.4, 0.5) is 10.5 Å². The van der Waals surface area contributed by atoms with Gasteiger partial charge in [-0.05, 0) is 31.0 Å². The van der Waals surface area contributed by atoms with Gasteiger partial charge in [-0.3, -0.25) is 0 Å². The minimum Gasteiger partial charge on any atom is -0.380 e. The molecule has 122 valence electrons. The second-order valence-corrected chi connectivity index (χ2v) is 5.81. The summed E-state index contributed by atoms with van der Waals surface area (Å²) in [6, 6.07) is 5.07. The first kappa shape index (κ1) is 15.8. The molecule has 8 heteroatoms. The van der Waals surface area contributed by atoms with E-state index in [2.05, 4.69) is 15.4 Å². The SMILES string of the molecule is CO[C@@H]1CCCN(C(=O)Nc2cc(Cl)ccc2-n2cncn2)C1. The van der Waals surface area contributed by atoms with Gasteiger partial charge in [0, 0.05) is 25.2 Å². The van der Waals surface area contributed by atoms with Gasteiger partial charge in [-0.15, -0.1) is 0 Å². The lowest BCUT2D eigenvalue weighted by molar-refractivity contribution is 0.0458. The van der Waals surface area contributed by atoms with E-state index in [1.54, 1.807) is 41.2 Å². The predicted octanol–water partition coefficient (Wildman–Crippen LogP) is 2.56. The second kappa shape index (κ2) is 6.97. The molecule has 23 heavy (non-hydrogen) atoms. The number of aromatic nitrogens is 3. The number of carbonyl (C=O) groups is 1. The van der Waals surface area contributed by atoms with E-state index in [4.69, 9.17) is 16.3 Å². The summed E-state index contributed by atoms with van der Waals surface area (Å²) in [6.07, 6.45) is 5.00. The molecule has 2 heterocycles. The lowest BCUT2D eigenvalue weighted by Crippen LogP contribution is -2.45. The lowest BCUT2D eigenvalue weighted by atomic mass is 10.1. The Kier molecular flexibility index (Phi) is 4.78. The number of likely N-dealkylation sites (tertiary alicyclic amines) is 1. The van der Waals surface area contributed by atoms with Crippen molar-refractivity contribution in [1.82, 2.24) is 19.7 Å². The fraction of sp³-hybridized carbons (Fsp3) is 0.400. The number of rotatable bonds is 3. The van der Waals surface area contributed by atoms with Crippen LogP contribution in [0.1, 0.15) is 12.8 Å². The second-order valence-electron chi connectivity index (χ2n) is 5.38. The summed E-state index contributed by atoms with van der Waals surface area (Å²) in [4.78, 5) is 18.2. The number of methoxy groups -OCH3 is 1. The van der Waals surface area contributed by atoms with Crippen LogP contribution in [0.25, 0.3) is 5.69 Å². The van der Waals surface area contributed by atoms with Crippen LogP contribution in [0.3, 0.4) is 0 Å². The molecule has 1 aromatic heterocycles. The molecule has 1 N–H and O–H groups in total. The smallest absolute Gasteiger partial charge is 0.321 e. The van der Waals surface area contributed by atoms with Gasteiger partial charge in [0.15, 0.2) is 0 Å². The Labute approximate surface area is 139 Å². The number of hydrogen-bond acceptors (Lipinski definition) is 4. The number of nitrogens with one attached hydrogen (secondary N) is 1. The number of hydrogen-bond donors (Lipinski definition) is 1. The maximum absolute atomic E-state index is 12.5. The number of carbonyl (C=O) groups excluding carboxylic acids is 1. The van der Waals surface area contributed by atoms with Crippen LogP contribution in [-0.2, 0) is 4.74 Å². The van der Waals surface area contributed by atoms with Gasteiger partial charge in [0.1, 0.15) is 12.7 Å². The van der Waals surface area contributed by atoms with Gasteiger partial charge in [0.2, 0.25) is 0 Å². The zero-order valence-corrected chi connectivity index (χ0v) is 13.5. The number of nitrogens with zero attached hydrogens (tertiary/aromatic N) is 4. The van der Waals surface area contributed by atoms with Crippen molar-refractivity contribution in [2.75, 3.05) is 25.5 Å². The Morgan fingerprint density at radius 1 is 1.48 bits per heavy atom. The van der Waals surface area contributed by atoms with E-state index in [9.17, 15) is 4.79 Å². The molecule has 0 bridgehead atoms. The van der Waals surface area contributed by atoms with Gasteiger partial charge in [0.25, 0.3) is 0 Å². The summed E-state index contributed by atoms with van der Waals surface area (Å²) in [6.45, 7) is 1.30. The minimum atomic E-state index is -0.171. The van der Waals surface area contributed by atoms with Crippen molar-refractivity contribution in [3.63, 3.8) is 0 Å². The first-order valence-corrected chi connectivity index (χ1v) is 7.78. The van der Waals surface area contributed by atoms with Crippen molar-refractivity contribution in [1.29, 1.82) is 0 Å². The molecular weight excluding hydrogens is 318 g/mol. The Balaban J connectivity index is 1.79. The van der Waals surface area contributed by atoms with Gasteiger partial charge < -0.3 is 15.0 Å². The molecule has 0 aliphatic carbocycles. The van der Waals surface area contributed by atoms with Gasteiger partial charge in [0.05, 0.1) is 17.5 Å². The minimum absolute atomic E-state index is 0.0867. The molecule has 7 nitrogen and oxygen atoms in total. The van der Waals surface area contributed by atoms with E-state index >= 15 is 0 Å². The molecule has 0 spiro atoms. The molecule has 1 atom stereocenters. The fourth-order valence-corrected chi connectivity index (χ4v) is 2.82. The molecule has 1 aromatic carbocycles. The summed E-state index contributed by atoms with van der Waals surface area (Å²) in [5, 5.41) is 7.55. The molecule has 0 radical (unpaired) electrons. The van der Waals surface area contributed by atoms with Crippen LogP contribution in [-0.4, -0.2) is 52.0 Å². The number of anilines is 1. The quantitative estimate of drug-likeness (QED) is 0.935. The lowest BCUT2D eigenvalue weighted by Gasteiger charge is -2.32. The summed E-state index contributed by atoms with van der Waals surface area (Å²) >= 11 is 6.06. The molecule has 2 aromatic rings. The van der Waals surface area contributed by atoms with Gasteiger partial charge in [-0.1, -0.05) is 11.6 Å². The molecular formula is C15H18ClN5O2. The van der Waals surface area contributed by atoms with E-state index in [0.29, 0.717) is 29.5 Å². The number of piperidine rings is 1. The molecule has 3 rings (SSSR count). The third-order valence-electron chi connectivity index (χ3n) is 3.86. The number of ether oxygens (including phenoxy) is 1. The molecule has 0 saturated carbocycles. The number of benzene rings is 1. The van der Waals surface area contributed by atoms with Crippen LogP contribution in [0.2, 0.25) is 5.02 Å². The zero-order chi connectivity index (χ0) is 16.2. The molecule has 1 aliphatic heterocycles. The Hall–Kier alpha value is -2.12. The Bertz CT molecular complexity index is 677. The third kappa shape index (κ3) is 3.62. The van der Waals surface area contributed by atoms with Crippen molar-refractivity contribution in [2.45, 2.75) is 18.9 Å². The zero-order valence-electron chi connectivity index (χ0n) is 12.8. The van der Waals surface area contributed by atoms with E-state index in [1.165, 1.54) is 6.33 Å². The van der Waals surface area contributed by atoms with Crippen molar-refractivity contribution in [2.24, 2.45) is 0 Å². The summed E-state index contributed by atoms with van der Waals surface area (Å²) in [7, 11) is 1.67. The number of urea groups is 1. The van der Waals surface area contributed by atoms with Gasteiger partial charge in [-0.25, -0.2) is 14.5 Å². The maximum atomic E-state index is 12.5. The van der Waals surface area contributed by atoms with Gasteiger partial charge in [-0.2, -0.15) is 5.10 Å². The van der Waals surface area contributed by atoms with Crippen LogP contribution in [0, 0.1) is 0 Å². The molecule has 1 fully saturated rings. The van der Waals surface area contributed by atoms with Crippen molar-refractivity contribution < 1.29 is 9.53 Å². The fourth-order valence-electron chi connectivity index (χ4n) is 2.65. The first-order valence-electron chi connectivity index (χ1n) is 7.40. The van der Waals surface area contributed by atoms with Crippen molar-refractivity contribution >= 4 is 23.3 Å². The highest BCUT2D eigenvalue weighted by Gasteiger charge is 2.24. The monoisotopic (exact) mass is 335 g/mol. The normalized spacial score (nSPS) is 18.0. The third-order valence-corrected chi connectivity index (χ3v) is 4.10. The topological polar surface area (TPSA) is 72.3 Å².